The molecule has 11 nitrogen and oxygen atoms in total. The van der Waals surface area contributed by atoms with E-state index >= 15 is 0 Å². The van der Waals surface area contributed by atoms with Crippen LogP contribution in [0.25, 0.3) is 10.9 Å². The fraction of sp³-hybridized carbons (Fsp3) is 0.391. The molecule has 1 aromatic carbocycles. The zero-order valence-corrected chi connectivity index (χ0v) is 23.5. The van der Waals surface area contributed by atoms with Crippen molar-refractivity contribution in [2.45, 2.75) is 24.0 Å². The number of nitrogens with zero attached hydrogens (tertiary/aromatic N) is 5. The monoisotopic (exact) mass is 597 g/mol. The Hall–Kier alpha value is -2.73. The smallest absolute Gasteiger partial charge is 0.283 e. The van der Waals surface area contributed by atoms with Crippen molar-refractivity contribution < 1.29 is 18.0 Å². The summed E-state index contributed by atoms with van der Waals surface area (Å²) >= 11 is 7.34. The molecule has 15 heteroatoms. The lowest BCUT2D eigenvalue weighted by molar-refractivity contribution is -0.126. The highest BCUT2D eigenvalue weighted by molar-refractivity contribution is 7.89. The highest BCUT2D eigenvalue weighted by atomic mass is 35.5. The molecule has 2 aromatic heterocycles. The third-order valence-corrected chi connectivity index (χ3v) is 9.62. The van der Waals surface area contributed by atoms with Crippen molar-refractivity contribution in [1.29, 1.82) is 5.26 Å². The van der Waals surface area contributed by atoms with E-state index in [1.807, 2.05) is 13.1 Å². The molecule has 202 valence electrons. The first-order valence-corrected chi connectivity index (χ1v) is 14.2. The molecular weight excluding hydrogens is 573 g/mol. The summed E-state index contributed by atoms with van der Waals surface area (Å²) in [6.07, 6.45) is 0.740. The van der Waals surface area contributed by atoms with Crippen LogP contribution < -0.4 is 5.32 Å². The molecule has 38 heavy (non-hydrogen) atoms. The molecule has 1 unspecified atom stereocenters. The highest BCUT2D eigenvalue weighted by Crippen LogP contribution is 2.29. The summed E-state index contributed by atoms with van der Waals surface area (Å²) in [6.45, 7) is 1.03. The Kier molecular flexibility index (Phi) is 8.32. The van der Waals surface area contributed by atoms with Crippen molar-refractivity contribution in [3.63, 3.8) is 0 Å². The van der Waals surface area contributed by atoms with Gasteiger partial charge in [0, 0.05) is 59.9 Å². The molecule has 5 rings (SSSR count). The van der Waals surface area contributed by atoms with E-state index in [-0.39, 0.29) is 48.6 Å². The first kappa shape index (κ1) is 28.3. The molecule has 2 N–H and O–H groups in total. The van der Waals surface area contributed by atoms with Gasteiger partial charge in [-0.25, -0.2) is 13.4 Å². The van der Waals surface area contributed by atoms with Crippen LogP contribution in [0.5, 0.6) is 0 Å². The van der Waals surface area contributed by atoms with Gasteiger partial charge in [-0.15, -0.1) is 23.7 Å². The third-order valence-electron chi connectivity index (χ3n) is 6.53. The van der Waals surface area contributed by atoms with E-state index in [9.17, 15) is 18.0 Å². The number of hydrogen-bond acceptors (Lipinski definition) is 8. The number of aromatic nitrogens is 2. The lowest BCUT2D eigenvalue weighted by atomic mass is 10.1. The number of sulfonamides is 1. The quantitative estimate of drug-likeness (QED) is 0.427. The highest BCUT2D eigenvalue weighted by Gasteiger charge is 2.41. The lowest BCUT2D eigenvalue weighted by Crippen LogP contribution is -2.61. The number of fused-ring (bicyclic) bond motifs is 2. The summed E-state index contributed by atoms with van der Waals surface area (Å²) in [6, 6.07) is 7.23. The normalized spacial score (nSPS) is 18.4. The SMILES string of the molecule is CN1CCc2nc(C(=O)N3CCN(S(=O)(=O)c4cc5cc(Cl)ccc5[nH]4)CC3C(=O)NCC#N)sc2C1.Cl. The summed E-state index contributed by atoms with van der Waals surface area (Å²) in [4.78, 5) is 38.5. The number of hydrogen-bond donors (Lipinski definition) is 2. The minimum Gasteiger partial charge on any atom is -0.345 e. The zero-order chi connectivity index (χ0) is 26.3. The maximum absolute atomic E-state index is 13.5. The molecule has 4 heterocycles. The maximum atomic E-state index is 13.5. The van der Waals surface area contributed by atoms with Crippen LogP contribution in [0.3, 0.4) is 0 Å². The second kappa shape index (κ2) is 11.2. The molecule has 0 radical (unpaired) electrons. The summed E-state index contributed by atoms with van der Waals surface area (Å²) in [5.41, 5.74) is 1.50. The number of carbonyl (C=O) groups is 2. The fourth-order valence-electron chi connectivity index (χ4n) is 4.58. The number of likely N-dealkylation sites (N-methyl/N-ethyl adjacent to an activating group) is 1. The van der Waals surface area contributed by atoms with Crippen molar-refractivity contribution >= 4 is 68.1 Å². The van der Waals surface area contributed by atoms with E-state index in [4.69, 9.17) is 16.9 Å². The first-order chi connectivity index (χ1) is 17.7. The van der Waals surface area contributed by atoms with E-state index in [2.05, 4.69) is 20.2 Å². The summed E-state index contributed by atoms with van der Waals surface area (Å²) in [5.74, 6) is -1.02. The van der Waals surface area contributed by atoms with Crippen LogP contribution in [0.1, 0.15) is 20.4 Å². The fourth-order valence-corrected chi connectivity index (χ4v) is 7.36. The average molecular weight is 599 g/mol. The molecule has 2 aliphatic rings. The molecule has 0 spiro atoms. The molecule has 0 saturated carbocycles. The van der Waals surface area contributed by atoms with Gasteiger partial charge in [0.2, 0.25) is 5.91 Å². The number of aromatic amines is 1. The Balaban J connectivity index is 0.00000336. The molecule has 1 fully saturated rings. The molecular formula is C23H25Cl2N7O4S2. The molecule has 0 bridgehead atoms. The van der Waals surface area contributed by atoms with Gasteiger partial charge >= 0.3 is 0 Å². The molecule has 0 aliphatic carbocycles. The van der Waals surface area contributed by atoms with Gasteiger partial charge in [-0.2, -0.15) is 9.57 Å². The first-order valence-electron chi connectivity index (χ1n) is 11.6. The number of thiazole rings is 1. The number of nitriles is 1. The minimum absolute atomic E-state index is 0. The van der Waals surface area contributed by atoms with Gasteiger partial charge < -0.3 is 20.1 Å². The predicted octanol–water partition coefficient (Wildman–Crippen LogP) is 1.84. The van der Waals surface area contributed by atoms with Gasteiger partial charge in [0.25, 0.3) is 15.9 Å². The molecule has 2 amide bonds. The number of H-pyrrole nitrogens is 1. The van der Waals surface area contributed by atoms with Gasteiger partial charge in [-0.1, -0.05) is 11.6 Å². The van der Waals surface area contributed by atoms with E-state index < -0.39 is 27.9 Å². The van der Waals surface area contributed by atoms with E-state index in [0.717, 1.165) is 23.5 Å². The number of halogens is 2. The standard InChI is InChI=1S/C23H24ClN7O4S2.ClH/c1-29-7-4-17-19(13-29)36-22(28-17)23(33)31-9-8-30(12-18(31)21(32)26-6-5-25)37(34,35)20-11-14-10-15(24)2-3-16(14)27-20;/h2-3,10-11,18,27H,4,6-9,12-13H2,1H3,(H,26,32);1H. The minimum atomic E-state index is -4.01. The lowest BCUT2D eigenvalue weighted by Gasteiger charge is -2.39. The number of carbonyl (C=O) groups excluding carboxylic acids is 2. The Labute approximate surface area is 234 Å². The Morgan fingerprint density at radius 1 is 1.29 bits per heavy atom. The Morgan fingerprint density at radius 2 is 2.08 bits per heavy atom. The molecule has 3 aromatic rings. The predicted molar refractivity (Wildman–Crippen MR) is 145 cm³/mol. The van der Waals surface area contributed by atoms with E-state index in [0.29, 0.717) is 22.5 Å². The Bertz CT molecular complexity index is 1530. The number of piperazine rings is 1. The van der Waals surface area contributed by atoms with Crippen LogP contribution in [0, 0.1) is 11.3 Å². The van der Waals surface area contributed by atoms with Crippen LogP contribution in [0.2, 0.25) is 5.02 Å². The summed E-state index contributed by atoms with van der Waals surface area (Å²) in [5, 5.41) is 12.8. The number of amides is 2. The van der Waals surface area contributed by atoms with Gasteiger partial charge in [-0.3, -0.25) is 9.59 Å². The largest absolute Gasteiger partial charge is 0.345 e. The van der Waals surface area contributed by atoms with E-state index in [1.54, 1.807) is 18.2 Å². The van der Waals surface area contributed by atoms with Crippen LogP contribution in [-0.2, 0) is 27.8 Å². The molecule has 1 atom stereocenters. The molecule has 2 aliphatic heterocycles. The van der Waals surface area contributed by atoms with Crippen molar-refractivity contribution in [3.8, 4) is 6.07 Å². The maximum Gasteiger partial charge on any atom is 0.283 e. The van der Waals surface area contributed by atoms with Crippen molar-refractivity contribution in [2.24, 2.45) is 0 Å². The Morgan fingerprint density at radius 3 is 2.84 bits per heavy atom. The second-order valence-electron chi connectivity index (χ2n) is 9.00. The zero-order valence-electron chi connectivity index (χ0n) is 20.3. The van der Waals surface area contributed by atoms with Gasteiger partial charge in [0.1, 0.15) is 17.6 Å². The third kappa shape index (κ3) is 5.38. The van der Waals surface area contributed by atoms with Crippen LogP contribution in [0.15, 0.2) is 29.3 Å². The van der Waals surface area contributed by atoms with Crippen molar-refractivity contribution in [1.82, 2.24) is 29.4 Å². The number of rotatable bonds is 5. The van der Waals surface area contributed by atoms with E-state index in [1.165, 1.54) is 26.6 Å². The van der Waals surface area contributed by atoms with Crippen LogP contribution in [0.4, 0.5) is 0 Å². The van der Waals surface area contributed by atoms with Crippen LogP contribution >= 0.6 is 35.3 Å². The second-order valence-corrected chi connectivity index (χ2v) is 12.4. The van der Waals surface area contributed by atoms with Gasteiger partial charge in [-0.05, 0) is 31.3 Å². The van der Waals surface area contributed by atoms with Crippen molar-refractivity contribution in [3.05, 3.63) is 44.9 Å². The molecule has 1 saturated heterocycles. The van der Waals surface area contributed by atoms with Crippen molar-refractivity contribution in [2.75, 3.05) is 39.8 Å². The van der Waals surface area contributed by atoms with Crippen LogP contribution in [-0.4, -0.2) is 90.1 Å². The number of benzene rings is 1. The van der Waals surface area contributed by atoms with Gasteiger partial charge in [0.15, 0.2) is 5.01 Å². The number of nitrogens with one attached hydrogen (secondary N) is 2. The summed E-state index contributed by atoms with van der Waals surface area (Å²) < 4.78 is 28.2. The van der Waals surface area contributed by atoms with Gasteiger partial charge in [0.05, 0.1) is 11.8 Å². The average Bonchev–Trinajstić information content (AvgIpc) is 3.50. The summed E-state index contributed by atoms with van der Waals surface area (Å²) in [7, 11) is -2.01. The topological polar surface area (TPSA) is 142 Å².